The molecule has 2 bridgehead atoms. The SMILES string of the molecule is c1ccc2c(c1)NCC21CCN(CC2CCC3CCCC(C3)C2)CC1. The van der Waals surface area contributed by atoms with Crippen molar-refractivity contribution in [3.8, 4) is 0 Å². The van der Waals surface area contributed by atoms with E-state index in [9.17, 15) is 0 Å². The Kier molecular flexibility index (Phi) is 4.28. The van der Waals surface area contributed by atoms with Gasteiger partial charge < -0.3 is 10.2 Å². The lowest BCUT2D eigenvalue weighted by atomic mass is 9.74. The van der Waals surface area contributed by atoms with Crippen molar-refractivity contribution in [2.45, 2.75) is 63.2 Å². The van der Waals surface area contributed by atoms with Crippen molar-refractivity contribution in [2.24, 2.45) is 17.8 Å². The van der Waals surface area contributed by atoms with Crippen LogP contribution in [0.2, 0.25) is 0 Å². The minimum atomic E-state index is 0.424. The van der Waals surface area contributed by atoms with E-state index in [0.29, 0.717) is 5.41 Å². The van der Waals surface area contributed by atoms with E-state index in [4.69, 9.17) is 0 Å². The monoisotopic (exact) mass is 338 g/mol. The van der Waals surface area contributed by atoms with Crippen molar-refractivity contribution >= 4 is 5.69 Å². The number of benzene rings is 1. The van der Waals surface area contributed by atoms with E-state index in [1.165, 1.54) is 76.7 Å². The first kappa shape index (κ1) is 16.2. The average molecular weight is 339 g/mol. The van der Waals surface area contributed by atoms with E-state index in [1.54, 1.807) is 12.0 Å². The highest BCUT2D eigenvalue weighted by Gasteiger charge is 2.41. The first-order valence-electron chi connectivity index (χ1n) is 10.9. The summed E-state index contributed by atoms with van der Waals surface area (Å²) in [7, 11) is 0. The molecule has 1 saturated heterocycles. The lowest BCUT2D eigenvalue weighted by Gasteiger charge is -2.40. The van der Waals surface area contributed by atoms with Gasteiger partial charge in [0, 0.05) is 24.2 Å². The molecule has 5 rings (SSSR count). The summed E-state index contributed by atoms with van der Waals surface area (Å²) in [6, 6.07) is 9.03. The van der Waals surface area contributed by atoms with Gasteiger partial charge in [-0.2, -0.15) is 0 Å². The Morgan fingerprint density at radius 2 is 1.80 bits per heavy atom. The Bertz CT molecular complexity index is 602. The van der Waals surface area contributed by atoms with Gasteiger partial charge in [-0.25, -0.2) is 0 Å². The number of hydrogen-bond donors (Lipinski definition) is 1. The molecule has 0 aromatic heterocycles. The molecule has 1 N–H and O–H groups in total. The van der Waals surface area contributed by atoms with Crippen molar-refractivity contribution in [1.82, 2.24) is 4.90 Å². The van der Waals surface area contributed by atoms with Gasteiger partial charge in [-0.1, -0.05) is 43.9 Å². The second kappa shape index (κ2) is 6.61. The largest absolute Gasteiger partial charge is 0.384 e. The molecule has 4 aliphatic rings. The molecule has 2 heteroatoms. The zero-order chi connectivity index (χ0) is 16.7. The van der Waals surface area contributed by atoms with Crippen molar-refractivity contribution in [3.63, 3.8) is 0 Å². The number of nitrogens with one attached hydrogen (secondary N) is 1. The minimum Gasteiger partial charge on any atom is -0.384 e. The van der Waals surface area contributed by atoms with Crippen LogP contribution in [0.15, 0.2) is 24.3 Å². The number of rotatable bonds is 2. The molecule has 2 aliphatic heterocycles. The fraction of sp³-hybridized carbons (Fsp3) is 0.739. The molecule has 2 nitrogen and oxygen atoms in total. The number of para-hydroxylation sites is 1. The average Bonchev–Trinajstić information content (AvgIpc) is 2.94. The zero-order valence-electron chi connectivity index (χ0n) is 15.7. The summed E-state index contributed by atoms with van der Waals surface area (Å²) in [6.07, 6.45) is 13.4. The minimum absolute atomic E-state index is 0.424. The van der Waals surface area contributed by atoms with Gasteiger partial charge in [-0.3, -0.25) is 0 Å². The fourth-order valence-electron chi connectivity index (χ4n) is 6.54. The van der Waals surface area contributed by atoms with Crippen LogP contribution >= 0.6 is 0 Å². The van der Waals surface area contributed by atoms with Crippen LogP contribution in [0, 0.1) is 17.8 Å². The molecule has 1 aromatic rings. The van der Waals surface area contributed by atoms with Crippen LogP contribution in [0.3, 0.4) is 0 Å². The van der Waals surface area contributed by atoms with Crippen molar-refractivity contribution in [3.05, 3.63) is 29.8 Å². The molecule has 2 aliphatic carbocycles. The van der Waals surface area contributed by atoms with Gasteiger partial charge in [0.1, 0.15) is 0 Å². The molecule has 2 saturated carbocycles. The van der Waals surface area contributed by atoms with Gasteiger partial charge in [-0.05, 0) is 74.6 Å². The highest BCUT2D eigenvalue weighted by molar-refractivity contribution is 5.60. The predicted octanol–water partition coefficient (Wildman–Crippen LogP) is 5.05. The van der Waals surface area contributed by atoms with E-state index in [2.05, 4.69) is 34.5 Å². The number of piperidine rings is 1. The summed E-state index contributed by atoms with van der Waals surface area (Å²) in [5.74, 6) is 3.12. The van der Waals surface area contributed by atoms with Gasteiger partial charge >= 0.3 is 0 Å². The third kappa shape index (κ3) is 3.12. The van der Waals surface area contributed by atoms with E-state index >= 15 is 0 Å². The number of nitrogens with zero attached hydrogens (tertiary/aromatic N) is 1. The van der Waals surface area contributed by atoms with Crippen molar-refractivity contribution in [2.75, 3.05) is 31.5 Å². The van der Waals surface area contributed by atoms with Crippen LogP contribution < -0.4 is 5.32 Å². The van der Waals surface area contributed by atoms with Gasteiger partial charge in [0.15, 0.2) is 0 Å². The number of hydrogen-bond acceptors (Lipinski definition) is 2. The molecular weight excluding hydrogens is 304 g/mol. The maximum absolute atomic E-state index is 3.67. The Hall–Kier alpha value is -1.02. The van der Waals surface area contributed by atoms with Crippen LogP contribution in [-0.2, 0) is 5.41 Å². The Morgan fingerprint density at radius 3 is 2.72 bits per heavy atom. The highest BCUT2D eigenvalue weighted by atomic mass is 15.1. The first-order valence-corrected chi connectivity index (χ1v) is 10.9. The van der Waals surface area contributed by atoms with Crippen LogP contribution in [0.4, 0.5) is 5.69 Å². The van der Waals surface area contributed by atoms with Gasteiger partial charge in [0.05, 0.1) is 0 Å². The molecular formula is C23H34N2. The standard InChI is InChI=1S/C23H34N2/c1-2-7-22-21(6-1)23(17-24-22)10-12-25(13-11-23)16-20-9-8-18-4-3-5-19(14-18)15-20/h1-2,6-7,18-20,24H,3-5,8-17H2. The summed E-state index contributed by atoms with van der Waals surface area (Å²) in [4.78, 5) is 2.81. The van der Waals surface area contributed by atoms with E-state index < -0.39 is 0 Å². The first-order chi connectivity index (χ1) is 12.3. The quantitative estimate of drug-likeness (QED) is 0.811. The third-order valence-corrected chi connectivity index (χ3v) is 7.99. The summed E-state index contributed by atoms with van der Waals surface area (Å²) >= 11 is 0. The summed E-state index contributed by atoms with van der Waals surface area (Å²) in [6.45, 7) is 5.16. The second-order valence-electron chi connectivity index (χ2n) is 9.56. The highest BCUT2D eigenvalue weighted by Crippen LogP contribution is 2.45. The molecule has 3 unspecified atom stereocenters. The molecule has 1 aromatic carbocycles. The molecule has 3 fully saturated rings. The van der Waals surface area contributed by atoms with E-state index in [1.807, 2.05) is 0 Å². The van der Waals surface area contributed by atoms with Crippen LogP contribution in [0.25, 0.3) is 0 Å². The van der Waals surface area contributed by atoms with Gasteiger partial charge in [0.25, 0.3) is 0 Å². The third-order valence-electron chi connectivity index (χ3n) is 7.99. The van der Waals surface area contributed by atoms with Gasteiger partial charge in [-0.15, -0.1) is 0 Å². The van der Waals surface area contributed by atoms with Crippen LogP contribution in [-0.4, -0.2) is 31.1 Å². The molecule has 1 spiro atoms. The lowest BCUT2D eigenvalue weighted by Crippen LogP contribution is -2.45. The van der Waals surface area contributed by atoms with Crippen LogP contribution in [0.1, 0.15) is 63.4 Å². The number of fused-ring (bicyclic) bond motifs is 4. The number of anilines is 1. The molecule has 25 heavy (non-hydrogen) atoms. The maximum Gasteiger partial charge on any atom is 0.0379 e. The molecule has 3 atom stereocenters. The maximum atomic E-state index is 3.67. The molecule has 0 radical (unpaired) electrons. The zero-order valence-corrected chi connectivity index (χ0v) is 15.7. The fourth-order valence-corrected chi connectivity index (χ4v) is 6.54. The Balaban J connectivity index is 1.20. The lowest BCUT2D eigenvalue weighted by molar-refractivity contribution is 0.138. The molecule has 136 valence electrons. The topological polar surface area (TPSA) is 15.3 Å². The normalized spacial score (nSPS) is 34.3. The summed E-state index contributed by atoms with van der Waals surface area (Å²) in [5, 5.41) is 3.67. The smallest absolute Gasteiger partial charge is 0.0379 e. The predicted molar refractivity (Wildman–Crippen MR) is 105 cm³/mol. The Labute approximate surface area is 153 Å². The number of likely N-dealkylation sites (tertiary alicyclic amines) is 1. The second-order valence-corrected chi connectivity index (χ2v) is 9.56. The van der Waals surface area contributed by atoms with E-state index in [0.717, 1.165) is 24.3 Å². The summed E-state index contributed by atoms with van der Waals surface area (Å²) < 4.78 is 0. The summed E-state index contributed by atoms with van der Waals surface area (Å²) in [5.41, 5.74) is 3.41. The van der Waals surface area contributed by atoms with Crippen molar-refractivity contribution < 1.29 is 0 Å². The Morgan fingerprint density at radius 1 is 0.960 bits per heavy atom. The van der Waals surface area contributed by atoms with Crippen molar-refractivity contribution in [1.29, 1.82) is 0 Å². The van der Waals surface area contributed by atoms with Gasteiger partial charge in [0.2, 0.25) is 0 Å². The van der Waals surface area contributed by atoms with Crippen LogP contribution in [0.5, 0.6) is 0 Å². The molecule has 2 heterocycles. The molecule has 0 amide bonds. The van der Waals surface area contributed by atoms with E-state index in [-0.39, 0.29) is 0 Å².